The molecule has 110 valence electrons. The van der Waals surface area contributed by atoms with E-state index in [0.29, 0.717) is 0 Å². The predicted molar refractivity (Wildman–Crippen MR) is 68.8 cm³/mol. The first-order chi connectivity index (χ1) is 9.36. The molecule has 6 nitrogen and oxygen atoms in total. The Bertz CT molecular complexity index is 610. The second-order valence-corrected chi connectivity index (χ2v) is 7.44. The molecule has 2 heterocycles. The molecule has 3 rings (SSSR count). The van der Waals surface area contributed by atoms with E-state index in [1.807, 2.05) is 6.92 Å². The summed E-state index contributed by atoms with van der Waals surface area (Å²) in [5.41, 5.74) is 0.920. The van der Waals surface area contributed by atoms with Crippen LogP contribution < -0.4 is 0 Å². The van der Waals surface area contributed by atoms with Crippen molar-refractivity contribution >= 4 is 9.84 Å². The molecule has 4 atom stereocenters. The number of aryl methyl sites for hydroxylation is 1. The molecule has 0 aromatic heterocycles. The SMILES string of the molecule is Cc1ccc(S(=O)(=O)[C@@]2(O)CO[C@@H]3[C@@H](O)CO[C@@H]32)cc1. The lowest BCUT2D eigenvalue weighted by atomic mass is 10.1. The smallest absolute Gasteiger partial charge is 0.222 e. The lowest BCUT2D eigenvalue weighted by molar-refractivity contribution is -0.0191. The van der Waals surface area contributed by atoms with Crippen LogP contribution in [0.3, 0.4) is 0 Å². The summed E-state index contributed by atoms with van der Waals surface area (Å²) >= 11 is 0. The van der Waals surface area contributed by atoms with Gasteiger partial charge in [-0.05, 0) is 19.1 Å². The third-order valence-electron chi connectivity index (χ3n) is 3.85. The van der Waals surface area contributed by atoms with E-state index in [0.717, 1.165) is 5.56 Å². The molecule has 1 aromatic carbocycles. The van der Waals surface area contributed by atoms with Crippen molar-refractivity contribution in [1.82, 2.24) is 0 Å². The van der Waals surface area contributed by atoms with E-state index in [9.17, 15) is 18.6 Å². The summed E-state index contributed by atoms with van der Waals surface area (Å²) in [4.78, 5) is -2.15. The maximum atomic E-state index is 12.6. The highest BCUT2D eigenvalue weighted by Crippen LogP contribution is 2.40. The summed E-state index contributed by atoms with van der Waals surface area (Å²) in [6.07, 6.45) is -2.79. The van der Waals surface area contributed by atoms with Gasteiger partial charge in [0.05, 0.1) is 18.1 Å². The fourth-order valence-corrected chi connectivity index (χ4v) is 4.26. The van der Waals surface area contributed by atoms with Gasteiger partial charge in [-0.3, -0.25) is 0 Å². The van der Waals surface area contributed by atoms with E-state index in [1.165, 1.54) is 12.1 Å². The largest absolute Gasteiger partial charge is 0.388 e. The van der Waals surface area contributed by atoms with Gasteiger partial charge < -0.3 is 19.7 Å². The van der Waals surface area contributed by atoms with Gasteiger partial charge in [-0.25, -0.2) is 8.42 Å². The molecule has 0 saturated carbocycles. The highest BCUT2D eigenvalue weighted by molar-refractivity contribution is 7.92. The number of sulfone groups is 1. The Balaban J connectivity index is 2.01. The van der Waals surface area contributed by atoms with Gasteiger partial charge in [0.25, 0.3) is 0 Å². The van der Waals surface area contributed by atoms with Gasteiger partial charge in [0, 0.05) is 0 Å². The van der Waals surface area contributed by atoms with Crippen LogP contribution in [-0.4, -0.2) is 55.1 Å². The average Bonchev–Trinajstić information content (AvgIpc) is 2.94. The standard InChI is InChI=1S/C13H16O6S/c1-8-2-4-9(5-3-8)20(16,17)13(15)7-19-11-10(14)6-18-12(11)13/h2-5,10-12,14-15H,6-7H2,1H3/t10-,11+,12-,13-/m0/s1. The first-order valence-corrected chi connectivity index (χ1v) is 7.79. The van der Waals surface area contributed by atoms with Crippen LogP contribution >= 0.6 is 0 Å². The summed E-state index contributed by atoms with van der Waals surface area (Å²) in [6, 6.07) is 6.21. The third-order valence-corrected chi connectivity index (χ3v) is 6.02. The van der Waals surface area contributed by atoms with E-state index in [-0.39, 0.29) is 11.5 Å². The van der Waals surface area contributed by atoms with Gasteiger partial charge >= 0.3 is 0 Å². The van der Waals surface area contributed by atoms with Crippen molar-refractivity contribution < 1.29 is 28.1 Å². The molecule has 2 saturated heterocycles. The molecule has 0 unspecified atom stereocenters. The highest BCUT2D eigenvalue weighted by atomic mass is 32.2. The topological polar surface area (TPSA) is 93.1 Å². The van der Waals surface area contributed by atoms with Crippen molar-refractivity contribution in [3.8, 4) is 0 Å². The Morgan fingerprint density at radius 2 is 1.90 bits per heavy atom. The summed E-state index contributed by atoms with van der Waals surface area (Å²) in [5, 5.41) is 20.2. The molecule has 0 amide bonds. The van der Waals surface area contributed by atoms with Gasteiger partial charge in [-0.2, -0.15) is 0 Å². The normalized spacial score (nSPS) is 37.0. The molecule has 0 spiro atoms. The number of benzene rings is 1. The predicted octanol–water partition coefficient (Wildman–Crippen LogP) is -0.384. The fraction of sp³-hybridized carbons (Fsp3) is 0.538. The summed E-state index contributed by atoms with van der Waals surface area (Å²) in [6.45, 7) is 1.40. The molecule has 2 aliphatic rings. The molecule has 2 N–H and O–H groups in total. The lowest BCUT2D eigenvalue weighted by Gasteiger charge is -2.26. The summed E-state index contributed by atoms with van der Waals surface area (Å²) in [5.74, 6) is 0. The number of hydrogen-bond donors (Lipinski definition) is 2. The monoisotopic (exact) mass is 300 g/mol. The zero-order valence-electron chi connectivity index (χ0n) is 10.9. The average molecular weight is 300 g/mol. The molecule has 20 heavy (non-hydrogen) atoms. The fourth-order valence-electron chi connectivity index (χ4n) is 2.63. The third kappa shape index (κ3) is 1.82. The van der Waals surface area contributed by atoms with E-state index < -0.39 is 39.7 Å². The minimum absolute atomic E-state index is 0.0137. The number of fused-ring (bicyclic) bond motifs is 1. The second kappa shape index (κ2) is 4.51. The summed E-state index contributed by atoms with van der Waals surface area (Å²) < 4.78 is 35.7. The van der Waals surface area contributed by atoms with Crippen LogP contribution in [-0.2, 0) is 19.3 Å². The maximum absolute atomic E-state index is 12.6. The molecule has 2 aliphatic heterocycles. The van der Waals surface area contributed by atoms with Crippen molar-refractivity contribution in [3.05, 3.63) is 29.8 Å². The maximum Gasteiger partial charge on any atom is 0.222 e. The van der Waals surface area contributed by atoms with Crippen LogP contribution in [0.5, 0.6) is 0 Å². The minimum atomic E-state index is -4.04. The van der Waals surface area contributed by atoms with E-state index >= 15 is 0 Å². The number of hydrogen-bond acceptors (Lipinski definition) is 6. The molecular formula is C13H16O6S. The Kier molecular flexibility index (Phi) is 3.15. The lowest BCUT2D eigenvalue weighted by Crippen LogP contribution is -2.50. The van der Waals surface area contributed by atoms with Gasteiger partial charge in [0.2, 0.25) is 14.8 Å². The molecule has 7 heteroatoms. The van der Waals surface area contributed by atoms with Crippen molar-refractivity contribution in [2.45, 2.75) is 35.1 Å². The van der Waals surface area contributed by atoms with Crippen LogP contribution in [0, 0.1) is 6.92 Å². The van der Waals surface area contributed by atoms with Gasteiger partial charge in [-0.1, -0.05) is 17.7 Å². The zero-order chi connectivity index (χ0) is 14.5. The number of aliphatic hydroxyl groups excluding tert-OH is 1. The van der Waals surface area contributed by atoms with Crippen molar-refractivity contribution in [3.63, 3.8) is 0 Å². The van der Waals surface area contributed by atoms with Crippen molar-refractivity contribution in [2.75, 3.05) is 13.2 Å². The highest BCUT2D eigenvalue weighted by Gasteiger charge is 2.62. The van der Waals surface area contributed by atoms with Crippen LogP contribution in [0.1, 0.15) is 5.56 Å². The van der Waals surface area contributed by atoms with E-state index in [1.54, 1.807) is 12.1 Å². The van der Waals surface area contributed by atoms with Gasteiger partial charge in [0.15, 0.2) is 0 Å². The van der Waals surface area contributed by atoms with Gasteiger partial charge in [0.1, 0.15) is 18.3 Å². The molecule has 0 radical (unpaired) electrons. The number of aliphatic hydroxyl groups is 2. The first-order valence-electron chi connectivity index (χ1n) is 6.31. The summed E-state index contributed by atoms with van der Waals surface area (Å²) in [7, 11) is -4.04. The Labute approximate surface area is 116 Å². The quantitative estimate of drug-likeness (QED) is 0.773. The first kappa shape index (κ1) is 14.0. The Morgan fingerprint density at radius 1 is 1.25 bits per heavy atom. The van der Waals surface area contributed by atoms with E-state index in [4.69, 9.17) is 9.47 Å². The van der Waals surface area contributed by atoms with Crippen LogP contribution in [0.4, 0.5) is 0 Å². The minimum Gasteiger partial charge on any atom is -0.388 e. The number of ether oxygens (including phenoxy) is 2. The van der Waals surface area contributed by atoms with E-state index in [2.05, 4.69) is 0 Å². The van der Waals surface area contributed by atoms with Crippen molar-refractivity contribution in [2.24, 2.45) is 0 Å². The second-order valence-electron chi connectivity index (χ2n) is 5.26. The van der Waals surface area contributed by atoms with Gasteiger partial charge in [-0.15, -0.1) is 0 Å². The number of rotatable bonds is 2. The van der Waals surface area contributed by atoms with Crippen molar-refractivity contribution in [1.29, 1.82) is 0 Å². The molecule has 1 aromatic rings. The van der Waals surface area contributed by atoms with Crippen LogP contribution in [0.15, 0.2) is 29.2 Å². The molecule has 2 fully saturated rings. The Morgan fingerprint density at radius 3 is 2.55 bits per heavy atom. The Hall–Kier alpha value is -0.990. The van der Waals surface area contributed by atoms with Crippen LogP contribution in [0.25, 0.3) is 0 Å². The zero-order valence-corrected chi connectivity index (χ0v) is 11.7. The molecule has 0 aliphatic carbocycles. The molecule has 0 bridgehead atoms. The van der Waals surface area contributed by atoms with Crippen LogP contribution in [0.2, 0.25) is 0 Å². The molecular weight excluding hydrogens is 284 g/mol.